The van der Waals surface area contributed by atoms with Crippen LogP contribution in [0.3, 0.4) is 0 Å². The third-order valence-electron chi connectivity index (χ3n) is 6.79. The second-order valence-corrected chi connectivity index (χ2v) is 9.10. The zero-order chi connectivity index (χ0) is 25.4. The van der Waals surface area contributed by atoms with E-state index in [4.69, 9.17) is 14.2 Å². The van der Waals surface area contributed by atoms with Crippen molar-refractivity contribution >= 4 is 23.0 Å². The highest BCUT2D eigenvalue weighted by atomic mass is 19.1. The Kier molecular flexibility index (Phi) is 6.15. The summed E-state index contributed by atoms with van der Waals surface area (Å²) in [5.74, 6) is -1.22. The van der Waals surface area contributed by atoms with Gasteiger partial charge < -0.3 is 24.1 Å². The third-order valence-corrected chi connectivity index (χ3v) is 6.79. The molecule has 2 heterocycles. The Labute approximate surface area is 207 Å². The van der Waals surface area contributed by atoms with E-state index in [-0.39, 0.29) is 48.1 Å². The zero-order valence-electron chi connectivity index (χ0n) is 20.1. The molecule has 1 aromatic heterocycles. The van der Waals surface area contributed by atoms with Gasteiger partial charge in [0.1, 0.15) is 24.6 Å². The lowest BCUT2D eigenvalue weighted by Crippen LogP contribution is -2.37. The van der Waals surface area contributed by atoms with Gasteiger partial charge in [0.15, 0.2) is 5.75 Å². The minimum atomic E-state index is -0.999. The first-order chi connectivity index (χ1) is 17.4. The maximum Gasteiger partial charge on any atom is 0.408 e. The molecule has 1 amide bonds. The molecule has 188 valence electrons. The molecular weight excluding hydrogens is 467 g/mol. The number of nitrogens with one attached hydrogen (secondary N) is 1. The van der Waals surface area contributed by atoms with Crippen molar-refractivity contribution in [2.45, 2.75) is 51.3 Å². The van der Waals surface area contributed by atoms with Crippen molar-refractivity contribution in [3.05, 3.63) is 75.3 Å². The highest BCUT2D eigenvalue weighted by molar-refractivity contribution is 5.96. The summed E-state index contributed by atoms with van der Waals surface area (Å²) in [5, 5.41) is 2.86. The molecule has 5 rings (SSSR count). The van der Waals surface area contributed by atoms with Crippen LogP contribution in [0, 0.1) is 5.82 Å². The first-order valence-electron chi connectivity index (χ1n) is 12.1. The van der Waals surface area contributed by atoms with Gasteiger partial charge >= 0.3 is 12.1 Å². The number of esters is 1. The van der Waals surface area contributed by atoms with Gasteiger partial charge in [-0.25, -0.2) is 14.0 Å². The summed E-state index contributed by atoms with van der Waals surface area (Å²) in [6.45, 7) is 4.05. The van der Waals surface area contributed by atoms with E-state index < -0.39 is 28.8 Å². The molecule has 1 aliphatic carbocycles. The monoisotopic (exact) mass is 494 g/mol. The van der Waals surface area contributed by atoms with Gasteiger partial charge in [-0.1, -0.05) is 37.3 Å². The predicted octanol–water partition coefficient (Wildman–Crippen LogP) is 4.58. The Morgan fingerprint density at radius 3 is 2.61 bits per heavy atom. The molecule has 1 aliphatic heterocycles. The first kappa shape index (κ1) is 23.8. The minimum Gasteiger partial charge on any atom is -0.489 e. The van der Waals surface area contributed by atoms with Crippen molar-refractivity contribution in [3.8, 4) is 5.75 Å². The topological polar surface area (TPSA) is 95.9 Å². The highest BCUT2D eigenvalue weighted by Gasteiger charge is 2.51. The summed E-state index contributed by atoms with van der Waals surface area (Å²) in [6.07, 6.45) is 2.47. The fraction of sp³-hybridized carbons (Fsp3) is 0.370. The molecule has 0 spiro atoms. The summed E-state index contributed by atoms with van der Waals surface area (Å²) >= 11 is 0. The van der Waals surface area contributed by atoms with E-state index in [9.17, 15) is 14.4 Å². The Morgan fingerprint density at radius 2 is 1.94 bits per heavy atom. The Morgan fingerprint density at radius 1 is 1.19 bits per heavy atom. The van der Waals surface area contributed by atoms with Gasteiger partial charge in [-0.15, -0.1) is 0 Å². The van der Waals surface area contributed by atoms with Crippen molar-refractivity contribution in [1.29, 1.82) is 0 Å². The van der Waals surface area contributed by atoms with Crippen LogP contribution in [-0.4, -0.2) is 29.8 Å². The number of nitrogens with zero attached hydrogens (tertiary/aromatic N) is 1. The van der Waals surface area contributed by atoms with Crippen LogP contribution >= 0.6 is 0 Å². The number of hydrogen-bond acceptors (Lipinski definition) is 6. The van der Waals surface area contributed by atoms with E-state index in [1.165, 1.54) is 6.20 Å². The zero-order valence-corrected chi connectivity index (χ0v) is 20.1. The van der Waals surface area contributed by atoms with Gasteiger partial charge in [0, 0.05) is 6.20 Å². The van der Waals surface area contributed by atoms with Gasteiger partial charge in [0.2, 0.25) is 5.43 Å². The van der Waals surface area contributed by atoms with E-state index in [1.54, 1.807) is 11.5 Å². The van der Waals surface area contributed by atoms with Crippen LogP contribution in [0.25, 0.3) is 10.9 Å². The smallest absolute Gasteiger partial charge is 0.408 e. The molecule has 3 aromatic rings. The number of aromatic nitrogens is 1. The molecule has 0 bridgehead atoms. The summed E-state index contributed by atoms with van der Waals surface area (Å²) in [5.41, 5.74) is -0.328. The fourth-order valence-corrected chi connectivity index (χ4v) is 4.77. The van der Waals surface area contributed by atoms with Crippen LogP contribution in [0.1, 0.15) is 60.6 Å². The number of rotatable bonds is 7. The van der Waals surface area contributed by atoms with Crippen LogP contribution in [0.2, 0.25) is 0 Å². The van der Waals surface area contributed by atoms with Crippen molar-refractivity contribution < 1.29 is 28.2 Å². The molecule has 2 aliphatic rings. The van der Waals surface area contributed by atoms with Crippen LogP contribution in [0.5, 0.6) is 5.75 Å². The number of hydrogen-bond donors (Lipinski definition) is 1. The molecule has 0 saturated heterocycles. The Balaban J connectivity index is 1.55. The summed E-state index contributed by atoms with van der Waals surface area (Å²) < 4.78 is 33.9. The molecule has 1 unspecified atom stereocenters. The number of ether oxygens (including phenoxy) is 3. The number of alkyl carbamates (subject to hydrolysis) is 1. The highest BCUT2D eigenvalue weighted by Crippen LogP contribution is 2.53. The number of amides is 1. The minimum absolute atomic E-state index is 0.0393. The van der Waals surface area contributed by atoms with Crippen LogP contribution < -0.4 is 15.5 Å². The van der Waals surface area contributed by atoms with Gasteiger partial charge in [-0.05, 0) is 37.8 Å². The van der Waals surface area contributed by atoms with Gasteiger partial charge in [-0.3, -0.25) is 4.79 Å². The van der Waals surface area contributed by atoms with E-state index in [1.807, 2.05) is 37.3 Å². The largest absolute Gasteiger partial charge is 0.489 e. The Bertz CT molecular complexity index is 1400. The molecule has 1 atom stereocenters. The van der Waals surface area contributed by atoms with Crippen LogP contribution in [0.15, 0.2) is 47.4 Å². The van der Waals surface area contributed by atoms with E-state index in [2.05, 4.69) is 5.32 Å². The molecule has 9 heteroatoms. The predicted molar refractivity (Wildman–Crippen MR) is 130 cm³/mol. The second kappa shape index (κ2) is 9.29. The normalized spacial score (nSPS) is 17.2. The van der Waals surface area contributed by atoms with Crippen molar-refractivity contribution in [3.63, 3.8) is 0 Å². The summed E-state index contributed by atoms with van der Waals surface area (Å²) in [6, 6.07) is 10.2. The average molecular weight is 495 g/mol. The number of halogens is 1. The first-order valence-corrected chi connectivity index (χ1v) is 12.1. The SMILES string of the molecule is CCOC(=O)c1cn2c3c(c(C4(NC(=O)OCc5ccccc5)CC4)c(F)cc3c1=O)OCC2CC. The molecule has 1 saturated carbocycles. The number of pyridine rings is 1. The van der Waals surface area contributed by atoms with E-state index in [0.29, 0.717) is 24.8 Å². The van der Waals surface area contributed by atoms with Crippen molar-refractivity contribution in [2.24, 2.45) is 0 Å². The van der Waals surface area contributed by atoms with Gasteiger partial charge in [-0.2, -0.15) is 0 Å². The number of carbonyl (C=O) groups is 2. The second-order valence-electron chi connectivity index (χ2n) is 9.10. The maximum absolute atomic E-state index is 15.7. The molecule has 0 radical (unpaired) electrons. The average Bonchev–Trinajstić information content (AvgIpc) is 3.64. The number of benzene rings is 2. The van der Waals surface area contributed by atoms with Crippen molar-refractivity contribution in [2.75, 3.05) is 13.2 Å². The lowest BCUT2D eigenvalue weighted by molar-refractivity contribution is 0.0523. The lowest BCUT2D eigenvalue weighted by atomic mass is 9.97. The molecule has 1 N–H and O–H groups in total. The molecule has 2 aromatic carbocycles. The molecular formula is C27H27FN2O6. The quantitative estimate of drug-likeness (QED) is 0.483. The summed E-state index contributed by atoms with van der Waals surface area (Å²) in [7, 11) is 0. The van der Waals surface area contributed by atoms with Crippen LogP contribution in [-0.2, 0) is 21.6 Å². The standard InChI is InChI=1S/C27H27FN2O6/c1-3-17-15-35-24-21(27(10-11-27)29-26(33)36-14-16-8-6-5-7-9-16)20(28)12-18-22(24)30(17)13-19(23(18)31)25(32)34-4-2/h5-9,12-13,17H,3-4,10-11,14-15H2,1-2H3,(H,29,33). The lowest BCUT2D eigenvalue weighted by Gasteiger charge is -2.32. The Hall–Kier alpha value is -3.88. The van der Waals surface area contributed by atoms with Gasteiger partial charge in [0.25, 0.3) is 0 Å². The molecule has 8 nitrogen and oxygen atoms in total. The maximum atomic E-state index is 15.7. The van der Waals surface area contributed by atoms with Gasteiger partial charge in [0.05, 0.1) is 34.7 Å². The van der Waals surface area contributed by atoms with Crippen molar-refractivity contribution in [1.82, 2.24) is 9.88 Å². The summed E-state index contributed by atoms with van der Waals surface area (Å²) in [4.78, 5) is 38.3. The molecule has 36 heavy (non-hydrogen) atoms. The fourth-order valence-electron chi connectivity index (χ4n) is 4.77. The third kappa shape index (κ3) is 4.08. The van der Waals surface area contributed by atoms with E-state index in [0.717, 1.165) is 11.6 Å². The van der Waals surface area contributed by atoms with E-state index >= 15 is 4.39 Å². The number of carbonyl (C=O) groups excluding carboxylic acids is 2. The van der Waals surface area contributed by atoms with Crippen LogP contribution in [0.4, 0.5) is 9.18 Å². The molecule has 1 fully saturated rings.